The van der Waals surface area contributed by atoms with Crippen molar-refractivity contribution < 1.29 is 4.92 Å². The molecule has 0 bridgehead atoms. The molecule has 0 saturated carbocycles. The molecule has 1 fully saturated rings. The average molecular weight is 313 g/mol. The average Bonchev–Trinajstić information content (AvgIpc) is 3.18. The van der Waals surface area contributed by atoms with Crippen LogP contribution in [0.4, 0.5) is 11.4 Å². The van der Waals surface area contributed by atoms with E-state index < -0.39 is 0 Å². The van der Waals surface area contributed by atoms with Crippen molar-refractivity contribution in [1.82, 2.24) is 14.8 Å². The summed E-state index contributed by atoms with van der Waals surface area (Å²) in [6.07, 6.45) is 4.42. The summed E-state index contributed by atoms with van der Waals surface area (Å²) >= 11 is 0. The van der Waals surface area contributed by atoms with Crippen molar-refractivity contribution in [2.24, 2.45) is 0 Å². The van der Waals surface area contributed by atoms with Crippen molar-refractivity contribution in [2.75, 3.05) is 18.0 Å². The number of nitro benzene ring substituents is 1. The molecule has 0 N–H and O–H groups in total. The second kappa shape index (κ2) is 5.64. The van der Waals surface area contributed by atoms with E-state index in [2.05, 4.69) is 19.7 Å². The number of nitrogens with zero attached hydrogens (tertiary/aromatic N) is 5. The lowest BCUT2D eigenvalue weighted by molar-refractivity contribution is -0.384. The second-order valence-corrected chi connectivity index (χ2v) is 6.29. The fraction of sp³-hybridized carbons (Fsp3) is 0.500. The third kappa shape index (κ3) is 2.56. The lowest BCUT2D eigenvalue weighted by atomic mass is 9.96. The van der Waals surface area contributed by atoms with Gasteiger partial charge in [-0.1, -0.05) is 0 Å². The van der Waals surface area contributed by atoms with Crippen molar-refractivity contribution in [2.45, 2.75) is 38.1 Å². The van der Waals surface area contributed by atoms with Gasteiger partial charge in [-0.05, 0) is 31.4 Å². The first-order valence-electron chi connectivity index (χ1n) is 8.14. The molecule has 0 radical (unpaired) electrons. The molecule has 1 unspecified atom stereocenters. The molecule has 1 aromatic heterocycles. The fourth-order valence-corrected chi connectivity index (χ4v) is 3.68. The molecule has 0 aliphatic carbocycles. The standard InChI is InChI=1S/C16H19N5O2/c22-21(23)14-7-5-13(6-8-14)19-9-1-3-12(11-19)16-18-17-15-4-2-10-20(15)16/h5-8,12H,1-4,9-11H2. The first-order chi connectivity index (χ1) is 11.2. The van der Waals surface area contributed by atoms with Gasteiger partial charge in [0.15, 0.2) is 0 Å². The molecule has 1 saturated heterocycles. The van der Waals surface area contributed by atoms with Crippen LogP contribution in [-0.4, -0.2) is 32.8 Å². The number of nitro groups is 1. The summed E-state index contributed by atoms with van der Waals surface area (Å²) in [6.45, 7) is 2.91. The van der Waals surface area contributed by atoms with E-state index >= 15 is 0 Å². The van der Waals surface area contributed by atoms with Gasteiger partial charge in [0.05, 0.1) is 4.92 Å². The van der Waals surface area contributed by atoms with Crippen LogP contribution >= 0.6 is 0 Å². The molecular formula is C16H19N5O2. The van der Waals surface area contributed by atoms with Gasteiger partial charge in [-0.25, -0.2) is 0 Å². The Bertz CT molecular complexity index is 725. The third-order valence-electron chi connectivity index (χ3n) is 4.85. The van der Waals surface area contributed by atoms with Gasteiger partial charge in [-0.3, -0.25) is 10.1 Å². The maximum atomic E-state index is 10.8. The number of aryl methyl sites for hydroxylation is 1. The quantitative estimate of drug-likeness (QED) is 0.643. The lowest BCUT2D eigenvalue weighted by Gasteiger charge is -2.34. The van der Waals surface area contributed by atoms with E-state index in [4.69, 9.17) is 0 Å². The molecule has 7 heteroatoms. The van der Waals surface area contributed by atoms with Gasteiger partial charge in [-0.2, -0.15) is 0 Å². The molecule has 4 rings (SSSR count). The third-order valence-corrected chi connectivity index (χ3v) is 4.85. The molecule has 1 aromatic carbocycles. The summed E-state index contributed by atoms with van der Waals surface area (Å²) < 4.78 is 2.28. The Kier molecular flexibility index (Phi) is 3.48. The maximum absolute atomic E-state index is 10.8. The van der Waals surface area contributed by atoms with Crippen molar-refractivity contribution in [3.8, 4) is 0 Å². The van der Waals surface area contributed by atoms with Crippen LogP contribution in [0.5, 0.6) is 0 Å². The number of rotatable bonds is 3. The van der Waals surface area contributed by atoms with E-state index in [1.54, 1.807) is 12.1 Å². The minimum Gasteiger partial charge on any atom is -0.371 e. The number of hydrogen-bond acceptors (Lipinski definition) is 5. The van der Waals surface area contributed by atoms with Crippen molar-refractivity contribution in [3.05, 3.63) is 46.0 Å². The van der Waals surface area contributed by atoms with Crippen LogP contribution in [0.3, 0.4) is 0 Å². The van der Waals surface area contributed by atoms with E-state index in [0.717, 1.165) is 62.7 Å². The van der Waals surface area contributed by atoms with Gasteiger partial charge in [0, 0.05) is 49.8 Å². The summed E-state index contributed by atoms with van der Waals surface area (Å²) in [5, 5.41) is 19.5. The summed E-state index contributed by atoms with van der Waals surface area (Å²) in [7, 11) is 0. The van der Waals surface area contributed by atoms with Crippen molar-refractivity contribution >= 4 is 11.4 Å². The number of piperidine rings is 1. The predicted molar refractivity (Wildman–Crippen MR) is 85.6 cm³/mol. The monoisotopic (exact) mass is 313 g/mol. The number of fused-ring (bicyclic) bond motifs is 1. The number of hydrogen-bond donors (Lipinski definition) is 0. The van der Waals surface area contributed by atoms with Gasteiger partial charge < -0.3 is 9.47 Å². The van der Waals surface area contributed by atoms with E-state index in [9.17, 15) is 10.1 Å². The van der Waals surface area contributed by atoms with Crippen LogP contribution < -0.4 is 4.90 Å². The van der Waals surface area contributed by atoms with E-state index in [0.29, 0.717) is 5.92 Å². The van der Waals surface area contributed by atoms with Crippen LogP contribution in [-0.2, 0) is 13.0 Å². The maximum Gasteiger partial charge on any atom is 0.269 e. The van der Waals surface area contributed by atoms with Gasteiger partial charge in [-0.15, -0.1) is 10.2 Å². The minimum absolute atomic E-state index is 0.137. The van der Waals surface area contributed by atoms with Gasteiger partial charge in [0.2, 0.25) is 0 Å². The zero-order valence-electron chi connectivity index (χ0n) is 12.9. The van der Waals surface area contributed by atoms with E-state index in [1.165, 1.54) is 0 Å². The number of non-ortho nitro benzene ring substituents is 1. The number of aromatic nitrogens is 3. The Morgan fingerprint density at radius 3 is 2.74 bits per heavy atom. The van der Waals surface area contributed by atoms with Gasteiger partial charge in [0.25, 0.3) is 5.69 Å². The largest absolute Gasteiger partial charge is 0.371 e. The Morgan fingerprint density at radius 2 is 1.96 bits per heavy atom. The highest BCUT2D eigenvalue weighted by Gasteiger charge is 2.28. The number of anilines is 1. The van der Waals surface area contributed by atoms with Crippen LogP contribution in [0, 0.1) is 10.1 Å². The van der Waals surface area contributed by atoms with Crippen LogP contribution in [0.15, 0.2) is 24.3 Å². The van der Waals surface area contributed by atoms with Gasteiger partial charge in [0.1, 0.15) is 11.6 Å². The molecule has 0 amide bonds. The van der Waals surface area contributed by atoms with Crippen LogP contribution in [0.2, 0.25) is 0 Å². The fourth-order valence-electron chi connectivity index (χ4n) is 3.68. The Balaban J connectivity index is 1.53. The molecule has 23 heavy (non-hydrogen) atoms. The molecule has 7 nitrogen and oxygen atoms in total. The SMILES string of the molecule is O=[N+]([O-])c1ccc(N2CCCC(c3nnc4n3CCC4)C2)cc1. The molecule has 120 valence electrons. The smallest absolute Gasteiger partial charge is 0.269 e. The molecular weight excluding hydrogens is 294 g/mol. The van der Waals surface area contributed by atoms with E-state index in [-0.39, 0.29) is 10.6 Å². The lowest BCUT2D eigenvalue weighted by Crippen LogP contribution is -2.35. The highest BCUT2D eigenvalue weighted by atomic mass is 16.6. The zero-order chi connectivity index (χ0) is 15.8. The molecule has 2 aliphatic rings. The first-order valence-corrected chi connectivity index (χ1v) is 8.14. The molecule has 0 spiro atoms. The molecule has 3 heterocycles. The highest BCUT2D eigenvalue weighted by Crippen LogP contribution is 2.31. The van der Waals surface area contributed by atoms with Crippen molar-refractivity contribution in [1.29, 1.82) is 0 Å². The Labute approximate surface area is 134 Å². The van der Waals surface area contributed by atoms with Gasteiger partial charge >= 0.3 is 0 Å². The highest BCUT2D eigenvalue weighted by molar-refractivity contribution is 5.51. The predicted octanol–water partition coefficient (Wildman–Crippen LogP) is 2.52. The Hall–Kier alpha value is -2.44. The van der Waals surface area contributed by atoms with Crippen LogP contribution in [0.1, 0.15) is 36.8 Å². The molecule has 1 atom stereocenters. The summed E-state index contributed by atoms with van der Waals surface area (Å²) in [6, 6.07) is 6.84. The summed E-state index contributed by atoms with van der Waals surface area (Å²) in [5.41, 5.74) is 1.18. The summed E-state index contributed by atoms with van der Waals surface area (Å²) in [5.74, 6) is 2.62. The topological polar surface area (TPSA) is 77.1 Å². The van der Waals surface area contributed by atoms with E-state index in [1.807, 2.05) is 12.1 Å². The summed E-state index contributed by atoms with van der Waals surface area (Å²) in [4.78, 5) is 12.7. The van der Waals surface area contributed by atoms with Crippen LogP contribution in [0.25, 0.3) is 0 Å². The first kappa shape index (κ1) is 14.2. The minimum atomic E-state index is -0.359. The molecule has 2 aromatic rings. The zero-order valence-corrected chi connectivity index (χ0v) is 12.9. The molecule has 2 aliphatic heterocycles. The number of benzene rings is 1. The second-order valence-electron chi connectivity index (χ2n) is 6.29. The normalized spacial score (nSPS) is 20.5. The Morgan fingerprint density at radius 1 is 1.13 bits per heavy atom. The van der Waals surface area contributed by atoms with Crippen molar-refractivity contribution in [3.63, 3.8) is 0 Å².